The molecule has 0 unspecified atom stereocenters. The molecule has 0 saturated heterocycles. The number of aromatic nitrogens is 1. The summed E-state index contributed by atoms with van der Waals surface area (Å²) < 4.78 is 35.1. The molecular formula is C9H4BrF2NO4. The second-order valence-corrected chi connectivity index (χ2v) is 3.72. The highest BCUT2D eigenvalue weighted by molar-refractivity contribution is 9.10. The molecule has 2 aromatic heterocycles. The fourth-order valence-electron chi connectivity index (χ4n) is 1.17. The van der Waals surface area contributed by atoms with Crippen molar-refractivity contribution in [2.75, 3.05) is 0 Å². The molecule has 8 heteroatoms. The zero-order valence-electron chi connectivity index (χ0n) is 7.99. The maximum Gasteiger partial charge on any atom is 0.374 e. The molecule has 0 radical (unpaired) electrons. The van der Waals surface area contributed by atoms with E-state index in [0.29, 0.717) is 4.67 Å². The highest BCUT2D eigenvalue weighted by Crippen LogP contribution is 2.30. The molecule has 0 fully saturated rings. The van der Waals surface area contributed by atoms with Crippen molar-refractivity contribution in [3.63, 3.8) is 0 Å². The highest BCUT2D eigenvalue weighted by atomic mass is 79.9. The number of hydrogen-bond acceptors (Lipinski definition) is 4. The number of oxazole rings is 1. The number of carbonyl (C=O) groups is 1. The maximum atomic E-state index is 12.5. The summed E-state index contributed by atoms with van der Waals surface area (Å²) >= 11 is 3.01. The molecule has 5 nitrogen and oxygen atoms in total. The van der Waals surface area contributed by atoms with E-state index in [-0.39, 0.29) is 11.7 Å². The van der Waals surface area contributed by atoms with Crippen LogP contribution in [0.3, 0.4) is 0 Å². The van der Waals surface area contributed by atoms with Gasteiger partial charge in [-0.15, -0.1) is 0 Å². The predicted molar refractivity (Wildman–Crippen MR) is 53.8 cm³/mol. The van der Waals surface area contributed by atoms with Crippen LogP contribution >= 0.6 is 15.9 Å². The lowest BCUT2D eigenvalue weighted by Gasteiger charge is -1.91. The first-order valence-electron chi connectivity index (χ1n) is 4.27. The van der Waals surface area contributed by atoms with Crippen LogP contribution < -0.4 is 0 Å². The van der Waals surface area contributed by atoms with Gasteiger partial charge >= 0.3 is 5.97 Å². The third kappa shape index (κ3) is 2.21. The van der Waals surface area contributed by atoms with Gasteiger partial charge in [0.1, 0.15) is 0 Å². The molecule has 2 rings (SSSR count). The van der Waals surface area contributed by atoms with Crippen molar-refractivity contribution in [1.82, 2.24) is 4.98 Å². The number of carboxylic acids is 1. The number of alkyl halides is 2. The van der Waals surface area contributed by atoms with Crippen molar-refractivity contribution < 1.29 is 27.5 Å². The van der Waals surface area contributed by atoms with E-state index in [4.69, 9.17) is 13.9 Å². The van der Waals surface area contributed by atoms with Crippen molar-refractivity contribution in [2.45, 2.75) is 6.43 Å². The summed E-state index contributed by atoms with van der Waals surface area (Å²) in [6.45, 7) is 0. The van der Waals surface area contributed by atoms with Crippen LogP contribution in [-0.2, 0) is 0 Å². The Morgan fingerprint density at radius 3 is 2.53 bits per heavy atom. The largest absolute Gasteiger partial charge is 0.475 e. The summed E-state index contributed by atoms with van der Waals surface area (Å²) in [5.74, 6) is -2.73. The van der Waals surface area contributed by atoms with Gasteiger partial charge in [-0.3, -0.25) is 0 Å². The lowest BCUT2D eigenvalue weighted by atomic mass is 10.3. The predicted octanol–water partition coefficient (Wildman–Crippen LogP) is 3.33. The van der Waals surface area contributed by atoms with Crippen LogP contribution in [-0.4, -0.2) is 16.1 Å². The second-order valence-electron chi connectivity index (χ2n) is 2.94. The molecule has 0 amide bonds. The van der Waals surface area contributed by atoms with Crippen molar-refractivity contribution in [3.05, 3.63) is 28.3 Å². The summed E-state index contributed by atoms with van der Waals surface area (Å²) in [5.41, 5.74) is -0.917. The zero-order valence-corrected chi connectivity index (χ0v) is 9.57. The second kappa shape index (κ2) is 4.28. The molecule has 17 heavy (non-hydrogen) atoms. The number of nitrogens with zero attached hydrogens (tertiary/aromatic N) is 1. The summed E-state index contributed by atoms with van der Waals surface area (Å²) in [6, 6.07) is 2.92. The number of furan rings is 1. The molecule has 0 saturated carbocycles. The van der Waals surface area contributed by atoms with Crippen LogP contribution in [0.4, 0.5) is 8.78 Å². The Morgan fingerprint density at radius 1 is 1.41 bits per heavy atom. The third-order valence-electron chi connectivity index (χ3n) is 1.84. The Balaban J connectivity index is 2.50. The Bertz CT molecular complexity index is 563. The molecule has 0 aliphatic carbocycles. The van der Waals surface area contributed by atoms with Crippen molar-refractivity contribution >= 4 is 21.9 Å². The van der Waals surface area contributed by atoms with Crippen LogP contribution in [0.5, 0.6) is 0 Å². The fourth-order valence-corrected chi connectivity index (χ4v) is 1.47. The Hall–Kier alpha value is -1.70. The van der Waals surface area contributed by atoms with Gasteiger partial charge in [-0.25, -0.2) is 18.6 Å². The van der Waals surface area contributed by atoms with Crippen LogP contribution in [0.2, 0.25) is 0 Å². The van der Waals surface area contributed by atoms with Crippen LogP contribution in [0.25, 0.3) is 11.7 Å². The van der Waals surface area contributed by atoms with Crippen molar-refractivity contribution in [2.24, 2.45) is 0 Å². The SMILES string of the molecule is O=C(O)c1oc(-c2ccc(Br)o2)nc1C(F)F. The lowest BCUT2D eigenvalue weighted by molar-refractivity contribution is 0.0646. The molecule has 90 valence electrons. The smallest absolute Gasteiger partial charge is 0.374 e. The number of halogens is 3. The van der Waals surface area contributed by atoms with Gasteiger partial charge < -0.3 is 13.9 Å². The highest BCUT2D eigenvalue weighted by Gasteiger charge is 2.27. The van der Waals surface area contributed by atoms with Gasteiger partial charge in [0, 0.05) is 0 Å². The topological polar surface area (TPSA) is 76.5 Å². The number of rotatable bonds is 3. The average molecular weight is 308 g/mol. The van der Waals surface area contributed by atoms with Crippen LogP contribution in [0, 0.1) is 0 Å². The summed E-state index contributed by atoms with van der Waals surface area (Å²) in [5, 5.41) is 8.67. The van der Waals surface area contributed by atoms with E-state index < -0.39 is 23.8 Å². The summed E-state index contributed by atoms with van der Waals surface area (Å²) in [4.78, 5) is 14.1. The standard InChI is InChI=1S/C9H4BrF2NO4/c10-4-2-1-3(16-4)8-13-5(7(11)12)6(17-8)9(14)15/h1-2,7H,(H,14,15). The van der Waals surface area contributed by atoms with E-state index in [9.17, 15) is 13.6 Å². The molecule has 0 atom stereocenters. The average Bonchev–Trinajstić information content (AvgIpc) is 2.82. The maximum absolute atomic E-state index is 12.5. The summed E-state index contributed by atoms with van der Waals surface area (Å²) in [6.07, 6.45) is -3.03. The van der Waals surface area contributed by atoms with Crippen molar-refractivity contribution in [1.29, 1.82) is 0 Å². The minimum atomic E-state index is -3.03. The Morgan fingerprint density at radius 2 is 2.12 bits per heavy atom. The lowest BCUT2D eigenvalue weighted by Crippen LogP contribution is -1.99. The number of carboxylic acid groups (broad SMARTS) is 1. The molecule has 0 aliphatic heterocycles. The molecule has 0 aliphatic rings. The molecule has 0 bridgehead atoms. The van der Waals surface area contributed by atoms with Gasteiger partial charge in [0.05, 0.1) is 0 Å². The first-order chi connectivity index (χ1) is 7.99. The van der Waals surface area contributed by atoms with Crippen LogP contribution in [0.15, 0.2) is 25.6 Å². The Kier molecular flexibility index (Phi) is 2.97. The van der Waals surface area contributed by atoms with E-state index in [1.165, 1.54) is 12.1 Å². The number of aromatic carboxylic acids is 1. The molecule has 2 heterocycles. The van der Waals surface area contributed by atoms with Crippen LogP contribution in [0.1, 0.15) is 22.7 Å². The van der Waals surface area contributed by atoms with Gasteiger partial charge in [0.15, 0.2) is 16.1 Å². The quantitative estimate of drug-likeness (QED) is 0.941. The van der Waals surface area contributed by atoms with E-state index in [1.807, 2.05) is 0 Å². The van der Waals surface area contributed by atoms with Gasteiger partial charge in [-0.2, -0.15) is 0 Å². The van der Waals surface area contributed by atoms with E-state index in [1.54, 1.807) is 0 Å². The Labute approximate surface area is 101 Å². The van der Waals surface area contributed by atoms with Crippen molar-refractivity contribution in [3.8, 4) is 11.7 Å². The monoisotopic (exact) mass is 307 g/mol. The van der Waals surface area contributed by atoms with E-state index in [2.05, 4.69) is 20.9 Å². The third-order valence-corrected chi connectivity index (χ3v) is 2.26. The van der Waals surface area contributed by atoms with Gasteiger partial charge in [0.2, 0.25) is 5.76 Å². The summed E-state index contributed by atoms with van der Waals surface area (Å²) in [7, 11) is 0. The first kappa shape index (κ1) is 11.8. The molecular weight excluding hydrogens is 304 g/mol. The van der Waals surface area contributed by atoms with E-state index in [0.717, 1.165) is 0 Å². The fraction of sp³-hybridized carbons (Fsp3) is 0.111. The minimum absolute atomic E-state index is 0.0614. The van der Waals surface area contributed by atoms with Gasteiger partial charge in [-0.1, -0.05) is 0 Å². The first-order valence-corrected chi connectivity index (χ1v) is 5.06. The van der Waals surface area contributed by atoms with Gasteiger partial charge in [-0.05, 0) is 28.1 Å². The van der Waals surface area contributed by atoms with Gasteiger partial charge in [0.25, 0.3) is 12.3 Å². The number of hydrogen-bond donors (Lipinski definition) is 1. The molecule has 1 N–H and O–H groups in total. The molecule has 0 spiro atoms. The minimum Gasteiger partial charge on any atom is -0.475 e. The normalized spacial score (nSPS) is 11.1. The van der Waals surface area contributed by atoms with E-state index >= 15 is 0 Å². The zero-order chi connectivity index (χ0) is 12.6. The molecule has 0 aromatic carbocycles. The molecule has 2 aromatic rings.